The fraction of sp³-hybridized carbons (Fsp3) is 0.364. The second-order valence-electron chi connectivity index (χ2n) is 7.62. The van der Waals surface area contributed by atoms with Crippen LogP contribution in [0, 0.1) is 5.92 Å². The lowest BCUT2D eigenvalue weighted by atomic mass is 9.84. The molecule has 2 bridgehead atoms. The van der Waals surface area contributed by atoms with Crippen molar-refractivity contribution in [2.75, 3.05) is 26.7 Å². The zero-order chi connectivity index (χ0) is 19.1. The van der Waals surface area contributed by atoms with Crippen molar-refractivity contribution in [3.8, 4) is 17.2 Å². The van der Waals surface area contributed by atoms with Crippen LogP contribution in [0.1, 0.15) is 23.2 Å². The first kappa shape index (κ1) is 17.3. The number of oxazole rings is 1. The lowest BCUT2D eigenvalue weighted by molar-refractivity contribution is 0.0621. The molecule has 6 nitrogen and oxygen atoms in total. The largest absolute Gasteiger partial charge is 0.497 e. The van der Waals surface area contributed by atoms with E-state index in [2.05, 4.69) is 15.2 Å². The van der Waals surface area contributed by atoms with Crippen LogP contribution in [0.5, 0.6) is 5.75 Å². The highest BCUT2D eigenvalue weighted by molar-refractivity contribution is 6.05. The van der Waals surface area contributed by atoms with Crippen molar-refractivity contribution in [2.24, 2.45) is 5.92 Å². The van der Waals surface area contributed by atoms with Gasteiger partial charge in [-0.3, -0.25) is 4.79 Å². The van der Waals surface area contributed by atoms with Crippen LogP contribution >= 0.6 is 0 Å². The van der Waals surface area contributed by atoms with Gasteiger partial charge >= 0.3 is 0 Å². The SMILES string of the molecule is COc1cccc(-c2nc3c(C(=O)NC4CN5CCC4CC5)cccc3o2)c1. The van der Waals surface area contributed by atoms with Crippen LogP contribution in [0.25, 0.3) is 22.6 Å². The second-order valence-corrected chi connectivity index (χ2v) is 7.62. The summed E-state index contributed by atoms with van der Waals surface area (Å²) in [5.74, 6) is 1.73. The molecule has 3 aliphatic heterocycles. The molecule has 0 spiro atoms. The number of nitrogens with zero attached hydrogens (tertiary/aromatic N) is 2. The van der Waals surface area contributed by atoms with Crippen LogP contribution < -0.4 is 10.1 Å². The van der Waals surface area contributed by atoms with E-state index >= 15 is 0 Å². The summed E-state index contributed by atoms with van der Waals surface area (Å²) in [7, 11) is 1.63. The molecule has 1 aromatic heterocycles. The Hall–Kier alpha value is -2.86. The Kier molecular flexibility index (Phi) is 4.28. The van der Waals surface area contributed by atoms with Crippen molar-refractivity contribution in [3.05, 3.63) is 48.0 Å². The summed E-state index contributed by atoms with van der Waals surface area (Å²) >= 11 is 0. The van der Waals surface area contributed by atoms with E-state index in [0.717, 1.165) is 30.9 Å². The third-order valence-corrected chi connectivity index (χ3v) is 5.95. The number of amides is 1. The van der Waals surface area contributed by atoms with E-state index in [1.54, 1.807) is 7.11 Å². The smallest absolute Gasteiger partial charge is 0.253 e. The number of benzene rings is 2. The normalized spacial score (nSPS) is 23.7. The summed E-state index contributed by atoms with van der Waals surface area (Å²) in [6.45, 7) is 3.25. The van der Waals surface area contributed by atoms with E-state index in [-0.39, 0.29) is 11.9 Å². The van der Waals surface area contributed by atoms with Gasteiger partial charge in [0.05, 0.1) is 12.7 Å². The number of rotatable bonds is 4. The number of carbonyl (C=O) groups excluding carboxylic acids is 1. The first-order valence-corrected chi connectivity index (χ1v) is 9.78. The molecule has 0 aliphatic carbocycles. The van der Waals surface area contributed by atoms with Crippen LogP contribution in [0.3, 0.4) is 0 Å². The number of piperidine rings is 3. The van der Waals surface area contributed by atoms with Gasteiger partial charge < -0.3 is 19.4 Å². The second kappa shape index (κ2) is 6.95. The lowest BCUT2D eigenvalue weighted by Gasteiger charge is -2.44. The Morgan fingerprint density at radius 3 is 2.79 bits per heavy atom. The van der Waals surface area contributed by atoms with Crippen LogP contribution in [0.2, 0.25) is 0 Å². The van der Waals surface area contributed by atoms with E-state index in [0.29, 0.717) is 28.5 Å². The minimum Gasteiger partial charge on any atom is -0.497 e. The van der Waals surface area contributed by atoms with Crippen molar-refractivity contribution in [1.82, 2.24) is 15.2 Å². The van der Waals surface area contributed by atoms with Gasteiger partial charge in [-0.2, -0.15) is 0 Å². The summed E-state index contributed by atoms with van der Waals surface area (Å²) in [6.07, 6.45) is 2.33. The Morgan fingerprint density at radius 2 is 2.04 bits per heavy atom. The number of aromatic nitrogens is 1. The Labute approximate surface area is 163 Å². The summed E-state index contributed by atoms with van der Waals surface area (Å²) in [5.41, 5.74) is 2.59. The Morgan fingerprint density at radius 1 is 1.21 bits per heavy atom. The van der Waals surface area contributed by atoms with E-state index in [1.165, 1.54) is 12.8 Å². The minimum absolute atomic E-state index is 0.0742. The predicted molar refractivity (Wildman–Crippen MR) is 106 cm³/mol. The van der Waals surface area contributed by atoms with Gasteiger partial charge in [0.15, 0.2) is 5.58 Å². The molecule has 0 radical (unpaired) electrons. The third-order valence-electron chi connectivity index (χ3n) is 5.95. The van der Waals surface area contributed by atoms with Crippen LogP contribution in [-0.2, 0) is 0 Å². The van der Waals surface area contributed by atoms with Gasteiger partial charge in [0.2, 0.25) is 5.89 Å². The number of carbonyl (C=O) groups is 1. The number of fused-ring (bicyclic) bond motifs is 4. The monoisotopic (exact) mass is 377 g/mol. The first-order chi connectivity index (χ1) is 13.7. The number of nitrogens with one attached hydrogen (secondary N) is 1. The standard InChI is InChI=1S/C22H23N3O3/c1-27-16-5-2-4-15(12-16)22-24-20-17(6-3-7-19(20)28-22)21(26)23-18-13-25-10-8-14(18)9-11-25/h2-7,12,14,18H,8-11,13H2,1H3,(H,23,26). The molecule has 3 saturated heterocycles. The number of hydrogen-bond acceptors (Lipinski definition) is 5. The number of methoxy groups -OCH3 is 1. The molecule has 4 heterocycles. The molecule has 1 atom stereocenters. The maximum atomic E-state index is 13.0. The molecule has 1 N–H and O–H groups in total. The molecule has 3 fully saturated rings. The topological polar surface area (TPSA) is 67.6 Å². The molecule has 6 rings (SSSR count). The highest BCUT2D eigenvalue weighted by atomic mass is 16.5. The quantitative estimate of drug-likeness (QED) is 0.755. The Balaban J connectivity index is 1.44. The molecule has 2 aromatic carbocycles. The van der Waals surface area contributed by atoms with Crippen molar-refractivity contribution in [2.45, 2.75) is 18.9 Å². The zero-order valence-corrected chi connectivity index (χ0v) is 15.9. The molecule has 1 unspecified atom stereocenters. The molecule has 1 amide bonds. The minimum atomic E-state index is -0.0742. The number of hydrogen-bond donors (Lipinski definition) is 1. The van der Waals surface area contributed by atoms with Crippen molar-refractivity contribution < 1.29 is 13.9 Å². The van der Waals surface area contributed by atoms with Crippen LogP contribution in [0.4, 0.5) is 0 Å². The molecule has 28 heavy (non-hydrogen) atoms. The van der Waals surface area contributed by atoms with Crippen molar-refractivity contribution >= 4 is 17.0 Å². The predicted octanol–water partition coefficient (Wildman–Crippen LogP) is 3.33. The van der Waals surface area contributed by atoms with Crippen molar-refractivity contribution in [3.63, 3.8) is 0 Å². The summed E-state index contributed by atoms with van der Waals surface area (Å²) in [4.78, 5) is 20.1. The molecule has 6 heteroatoms. The molecular formula is C22H23N3O3. The van der Waals surface area contributed by atoms with Crippen molar-refractivity contribution in [1.29, 1.82) is 0 Å². The van der Waals surface area contributed by atoms with Gasteiger partial charge in [0, 0.05) is 18.2 Å². The van der Waals surface area contributed by atoms with Gasteiger partial charge in [0.25, 0.3) is 5.91 Å². The zero-order valence-electron chi connectivity index (χ0n) is 15.9. The van der Waals surface area contributed by atoms with E-state index < -0.39 is 0 Å². The van der Waals surface area contributed by atoms with E-state index in [4.69, 9.17) is 9.15 Å². The highest BCUT2D eigenvalue weighted by Gasteiger charge is 2.35. The van der Waals surface area contributed by atoms with Gasteiger partial charge in [0.1, 0.15) is 11.3 Å². The number of ether oxygens (including phenoxy) is 1. The average molecular weight is 377 g/mol. The van der Waals surface area contributed by atoms with E-state index in [9.17, 15) is 4.79 Å². The molecule has 144 valence electrons. The lowest BCUT2D eigenvalue weighted by Crippen LogP contribution is -2.57. The van der Waals surface area contributed by atoms with Gasteiger partial charge in [-0.05, 0) is 62.2 Å². The summed E-state index contributed by atoms with van der Waals surface area (Å²) in [5, 5.41) is 3.24. The average Bonchev–Trinajstić information content (AvgIpc) is 3.19. The van der Waals surface area contributed by atoms with E-state index in [1.807, 2.05) is 42.5 Å². The van der Waals surface area contributed by atoms with Gasteiger partial charge in [-0.25, -0.2) is 4.98 Å². The molecular weight excluding hydrogens is 354 g/mol. The fourth-order valence-corrected chi connectivity index (χ4v) is 4.39. The molecule has 3 aliphatic rings. The van der Waals surface area contributed by atoms with Crippen LogP contribution in [-0.4, -0.2) is 48.6 Å². The summed E-state index contributed by atoms with van der Waals surface area (Å²) in [6, 6.07) is 13.3. The first-order valence-electron chi connectivity index (χ1n) is 9.78. The van der Waals surface area contributed by atoms with Crippen LogP contribution in [0.15, 0.2) is 46.9 Å². The van der Waals surface area contributed by atoms with Gasteiger partial charge in [-0.15, -0.1) is 0 Å². The molecule has 0 saturated carbocycles. The third kappa shape index (κ3) is 3.03. The number of para-hydroxylation sites is 1. The molecule has 3 aromatic rings. The van der Waals surface area contributed by atoms with Gasteiger partial charge in [-0.1, -0.05) is 12.1 Å². The Bertz CT molecular complexity index is 1020. The maximum Gasteiger partial charge on any atom is 0.253 e. The maximum absolute atomic E-state index is 13.0. The highest BCUT2D eigenvalue weighted by Crippen LogP contribution is 2.30. The summed E-state index contributed by atoms with van der Waals surface area (Å²) < 4.78 is 11.2. The fourth-order valence-electron chi connectivity index (χ4n) is 4.39.